The third-order valence-corrected chi connectivity index (χ3v) is 4.67. The number of nitrogens with one attached hydrogen (secondary N) is 2. The summed E-state index contributed by atoms with van der Waals surface area (Å²) in [5.74, 6) is 0.258. The highest BCUT2D eigenvalue weighted by atomic mass is 35.5. The Balaban J connectivity index is 1.90. The van der Waals surface area contributed by atoms with Crippen LogP contribution >= 0.6 is 11.6 Å². The molecule has 0 atom stereocenters. The van der Waals surface area contributed by atoms with Crippen LogP contribution in [0.5, 0.6) is 11.5 Å². The zero-order chi connectivity index (χ0) is 21.8. The Bertz CT molecular complexity index is 1240. The molecular formula is C21H16ClN5O4. The van der Waals surface area contributed by atoms with E-state index in [1.54, 1.807) is 30.3 Å². The molecule has 1 aliphatic rings. The first-order valence-corrected chi connectivity index (χ1v) is 9.48. The van der Waals surface area contributed by atoms with E-state index in [0.717, 1.165) is 6.08 Å². The normalized spacial score (nSPS) is 15.0. The van der Waals surface area contributed by atoms with Gasteiger partial charge in [0.15, 0.2) is 6.61 Å². The van der Waals surface area contributed by atoms with Crippen molar-refractivity contribution in [2.75, 3.05) is 19.0 Å². The maximum Gasteiger partial charge on any atom is 0.271 e. The van der Waals surface area contributed by atoms with Crippen LogP contribution in [-0.2, 0) is 9.59 Å². The van der Waals surface area contributed by atoms with Crippen LogP contribution in [0.1, 0.15) is 5.56 Å². The van der Waals surface area contributed by atoms with Crippen molar-refractivity contribution < 1.29 is 19.1 Å². The molecule has 0 radical (unpaired) electrons. The Morgan fingerprint density at radius 2 is 2.06 bits per heavy atom. The van der Waals surface area contributed by atoms with Crippen molar-refractivity contribution in [1.29, 1.82) is 0 Å². The number of carbonyl (C=O) groups excluding carboxylic acids is 2. The quantitative estimate of drug-likeness (QED) is 0.601. The van der Waals surface area contributed by atoms with E-state index in [4.69, 9.17) is 21.1 Å². The highest BCUT2D eigenvalue weighted by molar-refractivity contribution is 6.34. The average Bonchev–Trinajstić information content (AvgIpc) is 2.77. The Kier molecular flexibility index (Phi) is 5.76. The molecule has 1 aliphatic heterocycles. The first-order chi connectivity index (χ1) is 15.0. The molecule has 2 amide bonds. The maximum atomic E-state index is 12.0. The second-order valence-corrected chi connectivity index (χ2v) is 6.77. The van der Waals surface area contributed by atoms with Gasteiger partial charge in [0.05, 0.1) is 23.2 Å². The molecule has 2 heterocycles. The number of para-hydroxylation sites is 1. The first kappa shape index (κ1) is 20.3. The lowest BCUT2D eigenvalue weighted by Gasteiger charge is -2.15. The Labute approximate surface area is 181 Å². The Morgan fingerprint density at radius 1 is 1.19 bits per heavy atom. The number of aromatic nitrogens is 2. The lowest BCUT2D eigenvalue weighted by Crippen LogP contribution is -2.24. The van der Waals surface area contributed by atoms with Crippen molar-refractivity contribution in [3.05, 3.63) is 59.5 Å². The summed E-state index contributed by atoms with van der Waals surface area (Å²) in [5, 5.41) is 6.63. The number of amides is 2. The van der Waals surface area contributed by atoms with Crippen molar-refractivity contribution in [1.82, 2.24) is 15.3 Å². The van der Waals surface area contributed by atoms with Crippen molar-refractivity contribution in [3.8, 4) is 11.5 Å². The molecule has 4 rings (SSSR count). The van der Waals surface area contributed by atoms with E-state index in [1.165, 1.54) is 25.9 Å². The third-order valence-electron chi connectivity index (χ3n) is 4.36. The van der Waals surface area contributed by atoms with Gasteiger partial charge in [0.1, 0.15) is 29.2 Å². The van der Waals surface area contributed by atoms with Crippen molar-refractivity contribution in [2.45, 2.75) is 0 Å². The summed E-state index contributed by atoms with van der Waals surface area (Å²) >= 11 is 6.41. The van der Waals surface area contributed by atoms with Crippen LogP contribution in [0, 0.1) is 0 Å². The molecule has 2 bridgehead atoms. The Hall–Kier alpha value is -3.98. The standard InChI is InChI=1S/C21H16ClN5O4/c1-30-16-8-13-7-14-20(16)25-11-26-21(14)27-19-12(3-2-4-15(19)22)9-24-17(28)5-6-23-18(29)10-31-13/h2-9,11H,10H2,1H3,(H,23,29)(H,25,26,27)/b6-5+,24-9?. The average molecular weight is 438 g/mol. The summed E-state index contributed by atoms with van der Waals surface area (Å²) in [4.78, 5) is 36.5. The number of halogens is 1. The van der Waals surface area contributed by atoms with Gasteiger partial charge in [-0.15, -0.1) is 0 Å². The molecule has 0 aliphatic carbocycles. The number of methoxy groups -OCH3 is 1. The van der Waals surface area contributed by atoms with Gasteiger partial charge in [-0.3, -0.25) is 9.59 Å². The highest BCUT2D eigenvalue weighted by Gasteiger charge is 2.15. The van der Waals surface area contributed by atoms with Crippen LogP contribution in [0.15, 0.2) is 53.9 Å². The van der Waals surface area contributed by atoms with Crippen LogP contribution in [0.3, 0.4) is 0 Å². The molecule has 9 nitrogen and oxygen atoms in total. The van der Waals surface area contributed by atoms with E-state index < -0.39 is 11.8 Å². The van der Waals surface area contributed by atoms with Gasteiger partial charge in [-0.05, 0) is 12.1 Å². The highest BCUT2D eigenvalue weighted by Crippen LogP contribution is 2.35. The molecule has 156 valence electrons. The topological polar surface area (TPSA) is 115 Å². The molecule has 2 aromatic carbocycles. The van der Waals surface area contributed by atoms with E-state index in [2.05, 4.69) is 25.6 Å². The molecular weight excluding hydrogens is 422 g/mol. The van der Waals surface area contributed by atoms with E-state index in [9.17, 15) is 9.59 Å². The van der Waals surface area contributed by atoms with Crippen LogP contribution in [0.25, 0.3) is 10.9 Å². The van der Waals surface area contributed by atoms with Gasteiger partial charge < -0.3 is 20.1 Å². The van der Waals surface area contributed by atoms with Crippen LogP contribution in [0.2, 0.25) is 5.02 Å². The number of anilines is 2. The summed E-state index contributed by atoms with van der Waals surface area (Å²) in [6.45, 7) is -0.276. The van der Waals surface area contributed by atoms with Gasteiger partial charge >= 0.3 is 0 Å². The van der Waals surface area contributed by atoms with E-state index >= 15 is 0 Å². The summed E-state index contributed by atoms with van der Waals surface area (Å²) in [5.41, 5.74) is 1.62. The summed E-state index contributed by atoms with van der Waals surface area (Å²) in [6, 6.07) is 8.51. The van der Waals surface area contributed by atoms with Crippen LogP contribution in [0.4, 0.5) is 11.5 Å². The smallest absolute Gasteiger partial charge is 0.271 e. The van der Waals surface area contributed by atoms with E-state index in [1.807, 2.05) is 0 Å². The fourth-order valence-corrected chi connectivity index (χ4v) is 3.15. The second-order valence-electron chi connectivity index (χ2n) is 6.36. The molecule has 31 heavy (non-hydrogen) atoms. The largest absolute Gasteiger partial charge is 0.494 e. The van der Waals surface area contributed by atoms with Crippen LogP contribution < -0.4 is 20.1 Å². The minimum absolute atomic E-state index is 0.276. The molecule has 2 N–H and O–H groups in total. The zero-order valence-corrected chi connectivity index (χ0v) is 17.0. The van der Waals surface area contributed by atoms with E-state index in [0.29, 0.717) is 44.5 Å². The van der Waals surface area contributed by atoms with Gasteiger partial charge in [0.2, 0.25) is 0 Å². The number of rotatable bonds is 1. The predicted molar refractivity (Wildman–Crippen MR) is 116 cm³/mol. The number of aliphatic imine (C=N–C) groups is 1. The predicted octanol–water partition coefficient (Wildman–Crippen LogP) is 3.00. The van der Waals surface area contributed by atoms with E-state index in [-0.39, 0.29) is 6.61 Å². The fourth-order valence-electron chi connectivity index (χ4n) is 2.92. The maximum absolute atomic E-state index is 12.0. The number of hydrogen-bond donors (Lipinski definition) is 2. The molecule has 0 spiro atoms. The summed E-state index contributed by atoms with van der Waals surface area (Å²) in [6.07, 6.45) is 5.11. The number of ether oxygens (including phenoxy) is 2. The number of benzene rings is 2. The van der Waals surface area contributed by atoms with Gasteiger partial charge in [-0.25, -0.2) is 15.0 Å². The number of hydrogen-bond acceptors (Lipinski definition) is 7. The number of carbonyl (C=O) groups is 2. The second kappa shape index (κ2) is 8.80. The van der Waals surface area contributed by atoms with Crippen LogP contribution in [-0.4, -0.2) is 41.7 Å². The van der Waals surface area contributed by atoms with Crippen molar-refractivity contribution in [3.63, 3.8) is 0 Å². The first-order valence-electron chi connectivity index (χ1n) is 9.10. The molecule has 3 aromatic rings. The van der Waals surface area contributed by atoms with Crippen molar-refractivity contribution >= 4 is 52.0 Å². The number of nitrogens with zero attached hydrogens (tertiary/aromatic N) is 3. The Morgan fingerprint density at radius 3 is 2.90 bits per heavy atom. The molecule has 0 saturated carbocycles. The van der Waals surface area contributed by atoms with Gasteiger partial charge in [-0.1, -0.05) is 23.7 Å². The van der Waals surface area contributed by atoms with Gasteiger partial charge in [0, 0.05) is 30.1 Å². The monoisotopic (exact) mass is 437 g/mol. The van der Waals surface area contributed by atoms with Crippen molar-refractivity contribution in [2.24, 2.45) is 4.99 Å². The molecule has 0 unspecified atom stereocenters. The molecule has 10 heteroatoms. The molecule has 1 aromatic heterocycles. The lowest BCUT2D eigenvalue weighted by molar-refractivity contribution is -0.122. The third kappa shape index (κ3) is 4.46. The van der Waals surface area contributed by atoms with Gasteiger partial charge in [0.25, 0.3) is 11.8 Å². The van der Waals surface area contributed by atoms with Gasteiger partial charge in [-0.2, -0.15) is 0 Å². The minimum Gasteiger partial charge on any atom is -0.494 e. The zero-order valence-electron chi connectivity index (χ0n) is 16.3. The SMILES string of the molecule is COc1cc2cc3c(ncnc13)Nc1c(Cl)cccc1C=NC(=O)/C=C/NC(=O)CO2. The fraction of sp³-hybridized carbons (Fsp3) is 0.0952. The number of fused-ring (bicyclic) bond motifs is 2. The summed E-state index contributed by atoms with van der Waals surface area (Å²) in [7, 11) is 1.51. The molecule has 0 fully saturated rings. The molecule has 0 saturated heterocycles. The summed E-state index contributed by atoms with van der Waals surface area (Å²) < 4.78 is 11.0. The lowest BCUT2D eigenvalue weighted by atomic mass is 10.1. The minimum atomic E-state index is -0.557.